The Morgan fingerprint density at radius 3 is 2.57 bits per heavy atom. The Bertz CT molecular complexity index is 643. The molecular formula is C18H24N4O. The summed E-state index contributed by atoms with van der Waals surface area (Å²) >= 11 is 0. The average Bonchev–Trinajstić information content (AvgIpc) is 2.57. The van der Waals surface area contributed by atoms with Gasteiger partial charge in [0.15, 0.2) is 0 Å². The van der Waals surface area contributed by atoms with E-state index in [1.807, 2.05) is 37.3 Å². The zero-order valence-electron chi connectivity index (χ0n) is 14.0. The number of hydrogen-bond donors (Lipinski definition) is 1. The molecule has 23 heavy (non-hydrogen) atoms. The summed E-state index contributed by atoms with van der Waals surface area (Å²) in [5, 5.41) is 3.22. The van der Waals surface area contributed by atoms with Crippen LogP contribution in [0.15, 0.2) is 36.4 Å². The molecule has 0 saturated heterocycles. The van der Waals surface area contributed by atoms with Crippen LogP contribution in [-0.2, 0) is 6.54 Å². The van der Waals surface area contributed by atoms with Gasteiger partial charge >= 0.3 is 0 Å². The predicted octanol–water partition coefficient (Wildman–Crippen LogP) is 3.27. The molecule has 2 rings (SSSR count). The summed E-state index contributed by atoms with van der Waals surface area (Å²) in [5.41, 5.74) is 1.55. The van der Waals surface area contributed by atoms with Crippen LogP contribution >= 0.6 is 0 Å². The van der Waals surface area contributed by atoms with Crippen LogP contribution in [0.2, 0.25) is 0 Å². The molecule has 0 aliphatic carbocycles. The number of aryl methyl sites for hydroxylation is 1. The quantitative estimate of drug-likeness (QED) is 0.852. The van der Waals surface area contributed by atoms with Crippen molar-refractivity contribution in [2.24, 2.45) is 0 Å². The van der Waals surface area contributed by atoms with Gasteiger partial charge in [-0.3, -0.25) is 4.79 Å². The first-order chi connectivity index (χ1) is 11.1. The van der Waals surface area contributed by atoms with E-state index in [4.69, 9.17) is 0 Å². The summed E-state index contributed by atoms with van der Waals surface area (Å²) in [7, 11) is 0. The molecule has 0 unspecified atom stereocenters. The molecule has 5 nitrogen and oxygen atoms in total. The van der Waals surface area contributed by atoms with E-state index in [1.165, 1.54) is 0 Å². The highest BCUT2D eigenvalue weighted by atomic mass is 16.2. The highest BCUT2D eigenvalue weighted by molar-refractivity contribution is 5.93. The third-order valence-electron chi connectivity index (χ3n) is 3.50. The van der Waals surface area contributed by atoms with Crippen LogP contribution in [0.5, 0.6) is 0 Å². The fraction of sp³-hybridized carbons (Fsp3) is 0.389. The summed E-state index contributed by atoms with van der Waals surface area (Å²) in [6.45, 7) is 7.91. The molecule has 0 aliphatic heterocycles. The average molecular weight is 312 g/mol. The number of nitrogens with zero attached hydrogens (tertiary/aromatic N) is 3. The van der Waals surface area contributed by atoms with Crippen LogP contribution in [0, 0.1) is 6.92 Å². The van der Waals surface area contributed by atoms with E-state index in [0.29, 0.717) is 30.4 Å². The Morgan fingerprint density at radius 1 is 1.17 bits per heavy atom. The summed E-state index contributed by atoms with van der Waals surface area (Å²) in [5.74, 6) is 1.24. The molecule has 0 radical (unpaired) electrons. The van der Waals surface area contributed by atoms with E-state index < -0.39 is 0 Å². The largest absolute Gasteiger partial charge is 0.370 e. The third kappa shape index (κ3) is 4.77. The van der Waals surface area contributed by atoms with Crippen LogP contribution in [0.1, 0.15) is 42.1 Å². The molecule has 5 heteroatoms. The van der Waals surface area contributed by atoms with E-state index in [1.54, 1.807) is 17.9 Å². The predicted molar refractivity (Wildman–Crippen MR) is 92.4 cm³/mol. The monoisotopic (exact) mass is 312 g/mol. The molecule has 0 atom stereocenters. The number of hydrogen-bond acceptors (Lipinski definition) is 4. The van der Waals surface area contributed by atoms with Gasteiger partial charge in [-0.25, -0.2) is 9.97 Å². The molecule has 0 fully saturated rings. The van der Waals surface area contributed by atoms with Crippen LogP contribution in [0.25, 0.3) is 0 Å². The van der Waals surface area contributed by atoms with Crippen LogP contribution in [0.4, 0.5) is 5.82 Å². The Labute approximate surface area is 137 Å². The lowest BCUT2D eigenvalue weighted by molar-refractivity contribution is 0.0746. The standard InChI is InChI=1S/C18H24N4O/c1-4-11-19-17-12-16(20-14(3)21-17)18(23)22(5-2)13-15-9-7-6-8-10-15/h6-10,12H,4-5,11,13H2,1-3H3,(H,19,20,21). The van der Waals surface area contributed by atoms with Crippen molar-refractivity contribution in [3.05, 3.63) is 53.5 Å². The summed E-state index contributed by atoms with van der Waals surface area (Å²) < 4.78 is 0. The first-order valence-electron chi connectivity index (χ1n) is 8.06. The minimum atomic E-state index is -0.0681. The normalized spacial score (nSPS) is 10.4. The highest BCUT2D eigenvalue weighted by Gasteiger charge is 2.17. The second-order valence-corrected chi connectivity index (χ2v) is 5.42. The topological polar surface area (TPSA) is 58.1 Å². The molecule has 0 saturated carbocycles. The molecule has 1 amide bonds. The molecule has 1 N–H and O–H groups in total. The van der Waals surface area contributed by atoms with E-state index in [9.17, 15) is 4.79 Å². The van der Waals surface area contributed by atoms with Gasteiger partial charge in [0.05, 0.1) is 0 Å². The van der Waals surface area contributed by atoms with E-state index >= 15 is 0 Å². The van der Waals surface area contributed by atoms with Crippen molar-refractivity contribution in [2.75, 3.05) is 18.4 Å². The third-order valence-corrected chi connectivity index (χ3v) is 3.50. The maximum absolute atomic E-state index is 12.8. The SMILES string of the molecule is CCCNc1cc(C(=O)N(CC)Cc2ccccc2)nc(C)n1. The lowest BCUT2D eigenvalue weighted by Gasteiger charge is -2.21. The number of carbonyl (C=O) groups excluding carboxylic acids is 1. The molecule has 0 aliphatic rings. The molecule has 1 heterocycles. The Hall–Kier alpha value is -2.43. The van der Waals surface area contributed by atoms with Gasteiger partial charge in [-0.1, -0.05) is 37.3 Å². The minimum absolute atomic E-state index is 0.0681. The van der Waals surface area contributed by atoms with Gasteiger partial charge in [0, 0.05) is 25.7 Å². The lowest BCUT2D eigenvalue weighted by atomic mass is 10.2. The lowest BCUT2D eigenvalue weighted by Crippen LogP contribution is -2.31. The van der Waals surface area contributed by atoms with Gasteiger partial charge < -0.3 is 10.2 Å². The van der Waals surface area contributed by atoms with Crippen molar-refractivity contribution < 1.29 is 4.79 Å². The number of nitrogens with one attached hydrogen (secondary N) is 1. The van der Waals surface area contributed by atoms with Crippen molar-refractivity contribution in [3.63, 3.8) is 0 Å². The Balaban J connectivity index is 2.18. The minimum Gasteiger partial charge on any atom is -0.370 e. The number of benzene rings is 1. The number of amides is 1. The van der Waals surface area contributed by atoms with Crippen molar-refractivity contribution in [1.29, 1.82) is 0 Å². The summed E-state index contributed by atoms with van der Waals surface area (Å²) in [6.07, 6.45) is 1.00. The number of rotatable bonds is 7. The molecule has 0 bridgehead atoms. The maximum Gasteiger partial charge on any atom is 0.272 e. The highest BCUT2D eigenvalue weighted by Crippen LogP contribution is 2.12. The number of carbonyl (C=O) groups is 1. The molecule has 1 aromatic carbocycles. The fourth-order valence-corrected chi connectivity index (χ4v) is 2.31. The molecule has 122 valence electrons. The Morgan fingerprint density at radius 2 is 1.91 bits per heavy atom. The van der Waals surface area contributed by atoms with E-state index in [0.717, 1.165) is 18.5 Å². The molecule has 2 aromatic rings. The van der Waals surface area contributed by atoms with Crippen LogP contribution in [-0.4, -0.2) is 33.9 Å². The van der Waals surface area contributed by atoms with Gasteiger partial charge in [0.1, 0.15) is 17.3 Å². The van der Waals surface area contributed by atoms with Crippen molar-refractivity contribution in [3.8, 4) is 0 Å². The first-order valence-corrected chi connectivity index (χ1v) is 8.06. The smallest absolute Gasteiger partial charge is 0.272 e. The summed E-state index contributed by atoms with van der Waals surface area (Å²) in [4.78, 5) is 23.2. The maximum atomic E-state index is 12.8. The zero-order valence-corrected chi connectivity index (χ0v) is 14.0. The summed E-state index contributed by atoms with van der Waals surface area (Å²) in [6, 6.07) is 11.7. The van der Waals surface area contributed by atoms with Crippen LogP contribution in [0.3, 0.4) is 0 Å². The zero-order chi connectivity index (χ0) is 16.7. The number of aromatic nitrogens is 2. The molecular weight excluding hydrogens is 288 g/mol. The van der Waals surface area contributed by atoms with E-state index in [-0.39, 0.29) is 5.91 Å². The van der Waals surface area contributed by atoms with E-state index in [2.05, 4.69) is 22.2 Å². The van der Waals surface area contributed by atoms with Crippen molar-refractivity contribution in [1.82, 2.24) is 14.9 Å². The van der Waals surface area contributed by atoms with Gasteiger partial charge in [-0.05, 0) is 25.8 Å². The van der Waals surface area contributed by atoms with Gasteiger partial charge in [0.2, 0.25) is 0 Å². The van der Waals surface area contributed by atoms with Gasteiger partial charge in [-0.15, -0.1) is 0 Å². The molecule has 1 aromatic heterocycles. The first kappa shape index (κ1) is 16.9. The second-order valence-electron chi connectivity index (χ2n) is 5.42. The van der Waals surface area contributed by atoms with Crippen LogP contribution < -0.4 is 5.32 Å². The molecule has 0 spiro atoms. The second kappa shape index (κ2) is 8.27. The fourth-order valence-electron chi connectivity index (χ4n) is 2.31. The van der Waals surface area contributed by atoms with Gasteiger partial charge in [0.25, 0.3) is 5.91 Å². The van der Waals surface area contributed by atoms with Crippen molar-refractivity contribution in [2.45, 2.75) is 33.7 Å². The van der Waals surface area contributed by atoms with Crippen molar-refractivity contribution >= 4 is 11.7 Å². The van der Waals surface area contributed by atoms with Gasteiger partial charge in [-0.2, -0.15) is 0 Å². The Kier molecular flexibility index (Phi) is 6.09. The number of anilines is 1.